The van der Waals surface area contributed by atoms with Gasteiger partial charge in [-0.2, -0.15) is 0 Å². The molecule has 0 atom stereocenters. The van der Waals surface area contributed by atoms with Crippen LogP contribution in [0.3, 0.4) is 0 Å². The van der Waals surface area contributed by atoms with Gasteiger partial charge in [0.25, 0.3) is 5.91 Å². The Morgan fingerprint density at radius 3 is 2.59 bits per heavy atom. The second kappa shape index (κ2) is 6.63. The Morgan fingerprint density at radius 1 is 0.889 bits per heavy atom. The Morgan fingerprint density at radius 2 is 1.70 bits per heavy atom. The van der Waals surface area contributed by atoms with Gasteiger partial charge in [-0.15, -0.1) is 11.3 Å². The van der Waals surface area contributed by atoms with Crippen molar-refractivity contribution in [2.24, 2.45) is 0 Å². The fourth-order valence-corrected chi connectivity index (χ4v) is 4.46. The quantitative estimate of drug-likeness (QED) is 0.535. The van der Waals surface area contributed by atoms with E-state index in [0.29, 0.717) is 13.1 Å². The molecule has 1 amide bonds. The fraction of sp³-hybridized carbons (Fsp3) is 0.190. The lowest BCUT2D eigenvalue weighted by atomic mass is 10.0. The van der Waals surface area contributed by atoms with Gasteiger partial charge in [0.1, 0.15) is 17.0 Å². The average Bonchev–Trinajstić information content (AvgIpc) is 3.22. The first-order valence-electron chi connectivity index (χ1n) is 9.01. The number of hydrogen-bond acceptors (Lipinski definition) is 5. The highest BCUT2D eigenvalue weighted by Crippen LogP contribution is 2.28. The van der Waals surface area contributed by atoms with Gasteiger partial charge in [-0.25, -0.2) is 9.97 Å². The summed E-state index contributed by atoms with van der Waals surface area (Å²) in [5, 5.41) is 5.26. The van der Waals surface area contributed by atoms with E-state index in [9.17, 15) is 4.79 Å². The number of anilines is 1. The number of amides is 1. The molecule has 1 aliphatic heterocycles. The number of nitrogens with zero attached hydrogens (tertiary/aromatic N) is 4. The Kier molecular flexibility index (Phi) is 3.98. The first kappa shape index (κ1) is 16.2. The number of thiophene rings is 1. The van der Waals surface area contributed by atoms with Crippen LogP contribution in [-0.4, -0.2) is 47.0 Å². The summed E-state index contributed by atoms with van der Waals surface area (Å²) in [6.07, 6.45) is 1.63. The highest BCUT2D eigenvalue weighted by atomic mass is 32.1. The molecule has 0 saturated carbocycles. The van der Waals surface area contributed by atoms with Gasteiger partial charge in [0.15, 0.2) is 0 Å². The molecule has 0 aliphatic carbocycles. The molecule has 6 heteroatoms. The maximum atomic E-state index is 13.1. The molecule has 4 aromatic rings. The third-order valence-corrected chi connectivity index (χ3v) is 5.95. The van der Waals surface area contributed by atoms with E-state index in [4.69, 9.17) is 0 Å². The summed E-state index contributed by atoms with van der Waals surface area (Å²) < 4.78 is 0. The molecule has 0 unspecified atom stereocenters. The zero-order valence-electron chi connectivity index (χ0n) is 14.7. The lowest BCUT2D eigenvalue weighted by Crippen LogP contribution is -2.49. The van der Waals surface area contributed by atoms with E-state index in [0.717, 1.165) is 45.5 Å². The molecule has 5 nitrogen and oxygen atoms in total. The molecule has 0 radical (unpaired) electrons. The summed E-state index contributed by atoms with van der Waals surface area (Å²) in [5.74, 6) is 1.08. The van der Waals surface area contributed by atoms with Crippen molar-refractivity contribution in [3.8, 4) is 0 Å². The van der Waals surface area contributed by atoms with Crippen LogP contribution >= 0.6 is 11.3 Å². The lowest BCUT2D eigenvalue weighted by Gasteiger charge is -2.35. The topological polar surface area (TPSA) is 49.3 Å². The summed E-state index contributed by atoms with van der Waals surface area (Å²) in [7, 11) is 0. The summed E-state index contributed by atoms with van der Waals surface area (Å²) >= 11 is 1.63. The van der Waals surface area contributed by atoms with Crippen LogP contribution in [0.15, 0.2) is 60.2 Å². The van der Waals surface area contributed by atoms with E-state index in [1.807, 2.05) is 52.7 Å². The van der Waals surface area contributed by atoms with E-state index in [1.165, 1.54) is 0 Å². The third kappa shape index (κ3) is 2.82. The van der Waals surface area contributed by atoms with Crippen LogP contribution in [0, 0.1) is 0 Å². The van der Waals surface area contributed by atoms with Gasteiger partial charge in [-0.1, -0.05) is 36.4 Å². The predicted molar refractivity (Wildman–Crippen MR) is 109 cm³/mol. The van der Waals surface area contributed by atoms with Crippen LogP contribution < -0.4 is 4.90 Å². The number of benzene rings is 2. The highest BCUT2D eigenvalue weighted by molar-refractivity contribution is 7.16. The first-order chi connectivity index (χ1) is 13.3. The van der Waals surface area contributed by atoms with Gasteiger partial charge in [0.2, 0.25) is 0 Å². The highest BCUT2D eigenvalue weighted by Gasteiger charge is 2.25. The fourth-order valence-electron chi connectivity index (χ4n) is 3.73. The molecule has 0 N–H and O–H groups in total. The Balaban J connectivity index is 1.37. The van der Waals surface area contributed by atoms with Crippen LogP contribution in [0.25, 0.3) is 21.0 Å². The third-order valence-electron chi connectivity index (χ3n) is 5.13. The Hall–Kier alpha value is -2.99. The second-order valence-electron chi connectivity index (χ2n) is 6.64. The van der Waals surface area contributed by atoms with Crippen molar-refractivity contribution in [1.82, 2.24) is 14.9 Å². The van der Waals surface area contributed by atoms with Crippen molar-refractivity contribution < 1.29 is 4.79 Å². The van der Waals surface area contributed by atoms with Gasteiger partial charge in [-0.05, 0) is 28.3 Å². The second-order valence-corrected chi connectivity index (χ2v) is 7.54. The van der Waals surface area contributed by atoms with Crippen molar-refractivity contribution >= 4 is 44.1 Å². The minimum absolute atomic E-state index is 0.106. The summed E-state index contributed by atoms with van der Waals surface area (Å²) in [6.45, 7) is 2.94. The maximum Gasteiger partial charge on any atom is 0.254 e. The summed E-state index contributed by atoms with van der Waals surface area (Å²) in [4.78, 5) is 27.1. The number of fused-ring (bicyclic) bond motifs is 2. The summed E-state index contributed by atoms with van der Waals surface area (Å²) in [5.41, 5.74) is 0.781. The molecule has 1 fully saturated rings. The monoisotopic (exact) mass is 374 g/mol. The lowest BCUT2D eigenvalue weighted by molar-refractivity contribution is 0.0748. The van der Waals surface area contributed by atoms with Crippen molar-refractivity contribution in [3.63, 3.8) is 0 Å². The van der Waals surface area contributed by atoms with Crippen molar-refractivity contribution in [2.75, 3.05) is 31.1 Å². The molecule has 27 heavy (non-hydrogen) atoms. The SMILES string of the molecule is O=C(c1cccc2ccccc12)N1CCN(c2ncnc3sccc23)CC1. The van der Waals surface area contributed by atoms with E-state index < -0.39 is 0 Å². The van der Waals surface area contributed by atoms with Crippen LogP contribution in [0.2, 0.25) is 0 Å². The smallest absolute Gasteiger partial charge is 0.254 e. The van der Waals surface area contributed by atoms with E-state index in [2.05, 4.69) is 20.9 Å². The Bertz CT molecular complexity index is 1130. The summed E-state index contributed by atoms with van der Waals surface area (Å²) in [6, 6.07) is 16.1. The van der Waals surface area contributed by atoms with Crippen LogP contribution in [0.5, 0.6) is 0 Å². The van der Waals surface area contributed by atoms with Gasteiger partial charge in [0.05, 0.1) is 5.39 Å². The Labute approximate surface area is 160 Å². The molecule has 3 heterocycles. The molecule has 134 valence electrons. The van der Waals surface area contributed by atoms with Gasteiger partial charge < -0.3 is 9.80 Å². The zero-order valence-corrected chi connectivity index (χ0v) is 15.5. The molecule has 2 aromatic carbocycles. The molecule has 1 aliphatic rings. The van der Waals surface area contributed by atoms with Gasteiger partial charge >= 0.3 is 0 Å². The largest absolute Gasteiger partial charge is 0.352 e. The molecule has 5 rings (SSSR count). The predicted octanol–water partition coefficient (Wildman–Crippen LogP) is 3.81. The average molecular weight is 374 g/mol. The standard InChI is InChI=1S/C21H18N4OS/c26-21(17-7-3-5-15-4-1-2-6-16(15)17)25-11-9-24(10-12-25)19-18-8-13-27-20(18)23-14-22-19/h1-8,13-14H,9-12H2. The van der Waals surface area contributed by atoms with Gasteiger partial charge in [-0.3, -0.25) is 4.79 Å². The minimum Gasteiger partial charge on any atom is -0.352 e. The minimum atomic E-state index is 0.106. The molecule has 0 bridgehead atoms. The molecule has 2 aromatic heterocycles. The number of aromatic nitrogens is 2. The normalized spacial score (nSPS) is 14.8. The van der Waals surface area contributed by atoms with Crippen molar-refractivity contribution in [1.29, 1.82) is 0 Å². The number of rotatable bonds is 2. The van der Waals surface area contributed by atoms with Crippen molar-refractivity contribution in [3.05, 3.63) is 65.8 Å². The van der Waals surface area contributed by atoms with Crippen LogP contribution in [-0.2, 0) is 0 Å². The molecule has 0 spiro atoms. The van der Waals surface area contributed by atoms with Crippen molar-refractivity contribution in [2.45, 2.75) is 0 Å². The number of piperazine rings is 1. The molecular formula is C21H18N4OS. The molecular weight excluding hydrogens is 356 g/mol. The van der Waals surface area contributed by atoms with Crippen LogP contribution in [0.1, 0.15) is 10.4 Å². The number of carbonyl (C=O) groups excluding carboxylic acids is 1. The van der Waals surface area contributed by atoms with E-state index in [1.54, 1.807) is 17.7 Å². The van der Waals surface area contributed by atoms with E-state index in [-0.39, 0.29) is 5.91 Å². The van der Waals surface area contributed by atoms with E-state index >= 15 is 0 Å². The zero-order chi connectivity index (χ0) is 18.2. The molecule has 1 saturated heterocycles. The van der Waals surface area contributed by atoms with Gasteiger partial charge in [0, 0.05) is 31.7 Å². The number of carbonyl (C=O) groups is 1. The maximum absolute atomic E-state index is 13.1. The van der Waals surface area contributed by atoms with Crippen LogP contribution in [0.4, 0.5) is 5.82 Å². The number of hydrogen-bond donors (Lipinski definition) is 0. The first-order valence-corrected chi connectivity index (χ1v) is 9.89.